The number of aliphatic imine (C=N–C) groups is 1. The van der Waals surface area contributed by atoms with Crippen LogP contribution < -0.4 is 10.6 Å². The van der Waals surface area contributed by atoms with Crippen molar-refractivity contribution in [3.05, 3.63) is 0 Å². The quantitative estimate of drug-likeness (QED) is 0.379. The molecule has 1 saturated carbocycles. The summed E-state index contributed by atoms with van der Waals surface area (Å²) in [5.74, 6) is 1.70. The van der Waals surface area contributed by atoms with Crippen molar-refractivity contribution in [2.45, 2.75) is 63.9 Å². The Morgan fingerprint density at radius 2 is 1.92 bits per heavy atom. The minimum absolute atomic E-state index is 0.0134. The monoisotopic (exact) mass is 352 g/mol. The normalized spacial score (nSPS) is 21.5. The van der Waals surface area contributed by atoms with E-state index in [0.717, 1.165) is 50.8 Å². The zero-order valence-corrected chi connectivity index (χ0v) is 16.1. The maximum Gasteiger partial charge on any atom is 0.243 e. The molecule has 1 atom stereocenters. The third kappa shape index (κ3) is 8.08. The third-order valence-corrected chi connectivity index (χ3v) is 5.20. The molecule has 0 radical (unpaired) electrons. The van der Waals surface area contributed by atoms with Gasteiger partial charge in [0.2, 0.25) is 5.91 Å². The molecule has 2 N–H and O–H groups in total. The number of guanidine groups is 1. The number of hydrogen-bond donors (Lipinski definition) is 2. The largest absolute Gasteiger partial charge is 0.376 e. The number of amides is 1. The van der Waals surface area contributed by atoms with Crippen molar-refractivity contribution in [2.75, 3.05) is 40.3 Å². The van der Waals surface area contributed by atoms with Gasteiger partial charge in [0.1, 0.15) is 6.54 Å². The SMILES string of the molecule is CN(C)C(=O)CN=C(NCCCCC1CCCC1)NCC1CCCO1. The van der Waals surface area contributed by atoms with Gasteiger partial charge in [0.15, 0.2) is 5.96 Å². The van der Waals surface area contributed by atoms with Crippen LogP contribution in [0.15, 0.2) is 4.99 Å². The minimum atomic E-state index is 0.0134. The number of carbonyl (C=O) groups excluding carboxylic acids is 1. The van der Waals surface area contributed by atoms with E-state index >= 15 is 0 Å². The standard InChI is InChI=1S/C19H36N4O2/c1-23(2)18(24)15-22-19(21-14-17-11-7-13-25-17)20-12-6-5-10-16-8-3-4-9-16/h16-17H,3-15H2,1-2H3,(H2,20,21,22). The molecule has 0 bridgehead atoms. The van der Waals surface area contributed by atoms with Gasteiger partial charge in [-0.2, -0.15) is 0 Å². The Labute approximate surface area is 152 Å². The van der Waals surface area contributed by atoms with Gasteiger partial charge in [0.25, 0.3) is 0 Å². The summed E-state index contributed by atoms with van der Waals surface area (Å²) in [6, 6.07) is 0. The average Bonchev–Trinajstić information content (AvgIpc) is 3.29. The van der Waals surface area contributed by atoms with E-state index in [4.69, 9.17) is 4.74 Å². The molecule has 6 nitrogen and oxygen atoms in total. The van der Waals surface area contributed by atoms with E-state index in [1.165, 1.54) is 38.5 Å². The van der Waals surface area contributed by atoms with Crippen LogP contribution in [0, 0.1) is 5.92 Å². The summed E-state index contributed by atoms with van der Waals surface area (Å²) >= 11 is 0. The lowest BCUT2D eigenvalue weighted by Gasteiger charge is -2.16. The number of likely N-dealkylation sites (N-methyl/N-ethyl adjacent to an activating group) is 1. The van der Waals surface area contributed by atoms with E-state index in [2.05, 4.69) is 15.6 Å². The molecule has 144 valence electrons. The summed E-state index contributed by atoms with van der Waals surface area (Å²) in [7, 11) is 3.52. The molecule has 1 saturated heterocycles. The fourth-order valence-electron chi connectivity index (χ4n) is 3.54. The third-order valence-electron chi connectivity index (χ3n) is 5.20. The van der Waals surface area contributed by atoms with Crippen LogP contribution in [0.5, 0.6) is 0 Å². The summed E-state index contributed by atoms with van der Waals surface area (Å²) in [5, 5.41) is 6.71. The highest BCUT2D eigenvalue weighted by atomic mass is 16.5. The van der Waals surface area contributed by atoms with Crippen molar-refractivity contribution in [2.24, 2.45) is 10.9 Å². The second-order valence-corrected chi connectivity index (χ2v) is 7.54. The van der Waals surface area contributed by atoms with Gasteiger partial charge >= 0.3 is 0 Å². The van der Waals surface area contributed by atoms with E-state index < -0.39 is 0 Å². The van der Waals surface area contributed by atoms with Crippen molar-refractivity contribution in [3.8, 4) is 0 Å². The number of carbonyl (C=O) groups is 1. The number of unbranched alkanes of at least 4 members (excludes halogenated alkanes) is 1. The molecule has 1 unspecified atom stereocenters. The molecule has 0 aromatic rings. The molecule has 0 spiro atoms. The molecular formula is C19H36N4O2. The van der Waals surface area contributed by atoms with Crippen molar-refractivity contribution >= 4 is 11.9 Å². The van der Waals surface area contributed by atoms with Crippen molar-refractivity contribution in [1.29, 1.82) is 0 Å². The molecule has 25 heavy (non-hydrogen) atoms. The van der Waals surface area contributed by atoms with Crippen molar-refractivity contribution in [3.63, 3.8) is 0 Å². The van der Waals surface area contributed by atoms with Gasteiger partial charge in [-0.1, -0.05) is 38.5 Å². The van der Waals surface area contributed by atoms with Crippen LogP contribution >= 0.6 is 0 Å². The van der Waals surface area contributed by atoms with Crippen molar-refractivity contribution < 1.29 is 9.53 Å². The van der Waals surface area contributed by atoms with Gasteiger partial charge in [-0.3, -0.25) is 4.79 Å². The highest BCUT2D eigenvalue weighted by Gasteiger charge is 2.16. The van der Waals surface area contributed by atoms with E-state index in [9.17, 15) is 4.79 Å². The molecule has 2 fully saturated rings. The first-order valence-corrected chi connectivity index (χ1v) is 9.99. The van der Waals surface area contributed by atoms with Crippen LogP contribution in [-0.2, 0) is 9.53 Å². The lowest BCUT2D eigenvalue weighted by atomic mass is 10.0. The number of nitrogens with one attached hydrogen (secondary N) is 2. The van der Waals surface area contributed by atoms with Gasteiger partial charge in [-0.25, -0.2) is 4.99 Å². The Morgan fingerprint density at radius 3 is 2.60 bits per heavy atom. The molecule has 1 amide bonds. The van der Waals surface area contributed by atoms with Gasteiger partial charge in [0.05, 0.1) is 6.10 Å². The fourth-order valence-corrected chi connectivity index (χ4v) is 3.54. The van der Waals surface area contributed by atoms with Crippen LogP contribution in [-0.4, -0.2) is 63.2 Å². The molecule has 1 heterocycles. The van der Waals surface area contributed by atoms with Crippen LogP contribution in [0.1, 0.15) is 57.8 Å². The highest BCUT2D eigenvalue weighted by molar-refractivity contribution is 5.84. The minimum Gasteiger partial charge on any atom is -0.376 e. The zero-order chi connectivity index (χ0) is 17.9. The van der Waals surface area contributed by atoms with E-state index in [0.29, 0.717) is 0 Å². The smallest absolute Gasteiger partial charge is 0.243 e. The molecule has 0 aromatic heterocycles. The molecule has 1 aliphatic carbocycles. The van der Waals surface area contributed by atoms with Crippen molar-refractivity contribution in [1.82, 2.24) is 15.5 Å². The first kappa shape index (κ1) is 20.0. The van der Waals surface area contributed by atoms with Gasteiger partial charge in [-0.05, 0) is 25.2 Å². The topological polar surface area (TPSA) is 66.0 Å². The Kier molecular flexibility index (Phi) is 9.08. The lowest BCUT2D eigenvalue weighted by Crippen LogP contribution is -2.42. The van der Waals surface area contributed by atoms with Gasteiger partial charge in [-0.15, -0.1) is 0 Å². The van der Waals surface area contributed by atoms with Crippen LogP contribution in [0.4, 0.5) is 0 Å². The number of hydrogen-bond acceptors (Lipinski definition) is 3. The van der Waals surface area contributed by atoms with E-state index in [1.54, 1.807) is 19.0 Å². The predicted octanol–water partition coefficient (Wildman–Crippen LogP) is 2.15. The molecule has 1 aliphatic heterocycles. The maximum absolute atomic E-state index is 11.8. The molecule has 0 aromatic carbocycles. The first-order valence-electron chi connectivity index (χ1n) is 9.99. The average molecular weight is 353 g/mol. The zero-order valence-electron chi connectivity index (χ0n) is 16.1. The van der Waals surface area contributed by atoms with Gasteiger partial charge < -0.3 is 20.3 Å². The number of nitrogens with zero attached hydrogens (tertiary/aromatic N) is 2. The molecule has 2 rings (SSSR count). The predicted molar refractivity (Wildman–Crippen MR) is 102 cm³/mol. The van der Waals surface area contributed by atoms with E-state index in [1.807, 2.05) is 0 Å². The number of ether oxygens (including phenoxy) is 1. The summed E-state index contributed by atoms with van der Waals surface area (Å²) < 4.78 is 5.65. The summed E-state index contributed by atoms with van der Waals surface area (Å²) in [5.41, 5.74) is 0. The fraction of sp³-hybridized carbons (Fsp3) is 0.895. The van der Waals surface area contributed by atoms with Crippen LogP contribution in [0.25, 0.3) is 0 Å². The summed E-state index contributed by atoms with van der Waals surface area (Å²) in [6.45, 7) is 2.69. The Balaban J connectivity index is 1.68. The second-order valence-electron chi connectivity index (χ2n) is 7.54. The molecule has 2 aliphatic rings. The molecular weight excluding hydrogens is 316 g/mol. The maximum atomic E-state index is 11.8. The second kappa shape index (κ2) is 11.3. The Hall–Kier alpha value is -1.30. The number of rotatable bonds is 9. The van der Waals surface area contributed by atoms with E-state index in [-0.39, 0.29) is 18.6 Å². The lowest BCUT2D eigenvalue weighted by molar-refractivity contribution is -0.127. The van der Waals surface area contributed by atoms with Crippen LogP contribution in [0.3, 0.4) is 0 Å². The first-order chi connectivity index (χ1) is 12.1. The Bertz CT molecular complexity index is 414. The van der Waals surface area contributed by atoms with Crippen LogP contribution in [0.2, 0.25) is 0 Å². The highest BCUT2D eigenvalue weighted by Crippen LogP contribution is 2.28. The van der Waals surface area contributed by atoms with Gasteiger partial charge in [0, 0.05) is 33.8 Å². The molecule has 6 heteroatoms. The summed E-state index contributed by atoms with van der Waals surface area (Å²) in [6.07, 6.45) is 12.0. The Morgan fingerprint density at radius 1 is 1.12 bits per heavy atom. The summed E-state index contributed by atoms with van der Waals surface area (Å²) in [4.78, 5) is 17.8.